The zero-order valence-corrected chi connectivity index (χ0v) is 12.4. The van der Waals surface area contributed by atoms with Crippen molar-refractivity contribution in [1.29, 1.82) is 0 Å². The zero-order valence-electron chi connectivity index (χ0n) is 12.4. The van der Waals surface area contributed by atoms with Crippen LogP contribution in [0.2, 0.25) is 0 Å². The van der Waals surface area contributed by atoms with E-state index in [9.17, 15) is 9.90 Å². The van der Waals surface area contributed by atoms with E-state index in [1.807, 2.05) is 19.9 Å². The molecule has 106 valence electrons. The molecule has 0 spiro atoms. The van der Waals surface area contributed by atoms with Gasteiger partial charge in [0.05, 0.1) is 0 Å². The molecule has 0 saturated heterocycles. The summed E-state index contributed by atoms with van der Waals surface area (Å²) in [6, 6.07) is 3.68. The van der Waals surface area contributed by atoms with Crippen molar-refractivity contribution in [3.63, 3.8) is 0 Å². The van der Waals surface area contributed by atoms with Crippen molar-refractivity contribution < 1.29 is 9.90 Å². The number of carbonyl (C=O) groups is 1. The van der Waals surface area contributed by atoms with E-state index in [0.717, 1.165) is 17.7 Å². The van der Waals surface area contributed by atoms with E-state index in [1.54, 1.807) is 6.07 Å². The van der Waals surface area contributed by atoms with Gasteiger partial charge < -0.3 is 10.4 Å². The van der Waals surface area contributed by atoms with E-state index in [1.165, 1.54) is 0 Å². The summed E-state index contributed by atoms with van der Waals surface area (Å²) in [5.74, 6) is 0.918. The quantitative estimate of drug-likeness (QED) is 0.742. The van der Waals surface area contributed by atoms with E-state index in [2.05, 4.69) is 19.2 Å². The highest BCUT2D eigenvalue weighted by molar-refractivity contribution is 5.98. The second-order valence-electron chi connectivity index (χ2n) is 5.30. The van der Waals surface area contributed by atoms with Gasteiger partial charge in [-0.2, -0.15) is 0 Å². The van der Waals surface area contributed by atoms with Crippen molar-refractivity contribution in [3.05, 3.63) is 28.8 Å². The van der Waals surface area contributed by atoms with Gasteiger partial charge in [-0.15, -0.1) is 0 Å². The fourth-order valence-electron chi connectivity index (χ4n) is 2.13. The second-order valence-corrected chi connectivity index (χ2v) is 5.30. The van der Waals surface area contributed by atoms with Gasteiger partial charge in [-0.25, -0.2) is 0 Å². The van der Waals surface area contributed by atoms with Crippen molar-refractivity contribution in [2.75, 3.05) is 6.54 Å². The smallest absolute Gasteiger partial charge is 0.163 e. The Bertz CT molecular complexity index is 439. The summed E-state index contributed by atoms with van der Waals surface area (Å²) in [4.78, 5) is 11.9. The number of rotatable bonds is 7. The Kier molecular flexibility index (Phi) is 6.03. The Morgan fingerprint density at radius 1 is 1.32 bits per heavy atom. The van der Waals surface area contributed by atoms with Crippen LogP contribution in [0.25, 0.3) is 0 Å². The van der Waals surface area contributed by atoms with Gasteiger partial charge in [0.1, 0.15) is 5.75 Å². The molecule has 1 aromatic rings. The molecule has 0 unspecified atom stereocenters. The molecule has 0 fully saturated rings. The Balaban J connectivity index is 2.95. The van der Waals surface area contributed by atoms with Crippen LogP contribution in [0.15, 0.2) is 12.1 Å². The molecule has 0 radical (unpaired) electrons. The van der Waals surface area contributed by atoms with Crippen LogP contribution in [0.1, 0.15) is 55.6 Å². The number of hydrogen-bond donors (Lipinski definition) is 2. The van der Waals surface area contributed by atoms with Crippen LogP contribution in [0, 0.1) is 5.92 Å². The van der Waals surface area contributed by atoms with Crippen LogP contribution in [0.4, 0.5) is 0 Å². The first-order chi connectivity index (χ1) is 8.99. The number of phenols is 1. The zero-order chi connectivity index (χ0) is 14.4. The highest BCUT2D eigenvalue weighted by atomic mass is 16.3. The predicted octanol–water partition coefficient (Wildman–Crippen LogP) is 3.29. The molecular formula is C16H25NO2. The van der Waals surface area contributed by atoms with E-state index >= 15 is 0 Å². The molecule has 0 aromatic heterocycles. The third-order valence-corrected chi connectivity index (χ3v) is 3.14. The highest BCUT2D eigenvalue weighted by Gasteiger charge is 2.14. The normalized spacial score (nSPS) is 11.0. The van der Waals surface area contributed by atoms with E-state index < -0.39 is 0 Å². The van der Waals surface area contributed by atoms with Crippen molar-refractivity contribution in [2.45, 2.75) is 47.1 Å². The van der Waals surface area contributed by atoms with Gasteiger partial charge in [0.15, 0.2) is 5.78 Å². The van der Waals surface area contributed by atoms with Gasteiger partial charge in [0, 0.05) is 24.1 Å². The minimum absolute atomic E-state index is 0.0952. The fourth-order valence-corrected chi connectivity index (χ4v) is 2.13. The lowest BCUT2D eigenvalue weighted by molar-refractivity contribution is 0.0986. The molecule has 1 rings (SSSR count). The molecule has 19 heavy (non-hydrogen) atoms. The van der Waals surface area contributed by atoms with Crippen molar-refractivity contribution >= 4 is 5.78 Å². The average molecular weight is 263 g/mol. The third kappa shape index (κ3) is 4.35. The standard InChI is InChI=1S/C16H25NO2/c1-5-13-14(15(18)6-2)7-12(8-16(13)19)10-17-9-11(3)4/h7-8,11,17,19H,5-6,9-10H2,1-4H3. The summed E-state index contributed by atoms with van der Waals surface area (Å²) in [6.45, 7) is 9.71. The number of nitrogens with one attached hydrogen (secondary N) is 1. The molecule has 3 heteroatoms. The topological polar surface area (TPSA) is 49.3 Å². The Morgan fingerprint density at radius 2 is 2.00 bits per heavy atom. The van der Waals surface area contributed by atoms with Crippen molar-refractivity contribution in [2.24, 2.45) is 5.92 Å². The van der Waals surface area contributed by atoms with Gasteiger partial charge in [0.25, 0.3) is 0 Å². The van der Waals surface area contributed by atoms with Crippen LogP contribution >= 0.6 is 0 Å². The van der Waals surface area contributed by atoms with Gasteiger partial charge in [-0.3, -0.25) is 4.79 Å². The minimum atomic E-state index is 0.0952. The number of carbonyl (C=O) groups excluding carboxylic acids is 1. The predicted molar refractivity (Wildman–Crippen MR) is 78.7 cm³/mol. The SMILES string of the molecule is CCC(=O)c1cc(CNCC(C)C)cc(O)c1CC. The van der Waals surface area contributed by atoms with Gasteiger partial charge in [-0.1, -0.05) is 27.7 Å². The fraction of sp³-hybridized carbons (Fsp3) is 0.562. The molecule has 0 aliphatic heterocycles. The Morgan fingerprint density at radius 3 is 2.53 bits per heavy atom. The molecular weight excluding hydrogens is 238 g/mol. The van der Waals surface area contributed by atoms with Gasteiger partial charge in [0.2, 0.25) is 0 Å². The molecule has 0 heterocycles. The molecule has 0 saturated carbocycles. The molecule has 1 aromatic carbocycles. The number of benzene rings is 1. The number of aromatic hydroxyl groups is 1. The molecule has 0 atom stereocenters. The Labute approximate surface area is 116 Å². The van der Waals surface area contributed by atoms with Gasteiger partial charge >= 0.3 is 0 Å². The first-order valence-corrected chi connectivity index (χ1v) is 7.08. The first-order valence-electron chi connectivity index (χ1n) is 7.08. The summed E-state index contributed by atoms with van der Waals surface area (Å²) in [6.07, 6.45) is 1.14. The van der Waals surface area contributed by atoms with Crippen molar-refractivity contribution in [3.8, 4) is 5.75 Å². The van der Waals surface area contributed by atoms with Gasteiger partial charge in [-0.05, 0) is 36.6 Å². The lowest BCUT2D eigenvalue weighted by atomic mass is 9.96. The summed E-state index contributed by atoms with van der Waals surface area (Å²) in [7, 11) is 0. The van der Waals surface area contributed by atoms with E-state index in [-0.39, 0.29) is 11.5 Å². The summed E-state index contributed by atoms with van der Waals surface area (Å²) in [5, 5.41) is 13.4. The van der Waals surface area contributed by atoms with E-state index in [0.29, 0.717) is 30.9 Å². The Hall–Kier alpha value is -1.35. The van der Waals surface area contributed by atoms with Crippen LogP contribution < -0.4 is 5.32 Å². The van der Waals surface area contributed by atoms with E-state index in [4.69, 9.17) is 0 Å². The monoisotopic (exact) mass is 263 g/mol. The van der Waals surface area contributed by atoms with Crippen molar-refractivity contribution in [1.82, 2.24) is 5.32 Å². The molecule has 2 N–H and O–H groups in total. The molecule has 0 aliphatic carbocycles. The summed E-state index contributed by atoms with van der Waals surface area (Å²) in [5.41, 5.74) is 2.40. The number of ketones is 1. The van der Waals surface area contributed by atoms with Crippen LogP contribution in [0.5, 0.6) is 5.75 Å². The number of hydrogen-bond acceptors (Lipinski definition) is 3. The molecule has 0 aliphatic rings. The number of phenolic OH excluding ortho intramolecular Hbond substituents is 1. The molecule has 3 nitrogen and oxygen atoms in total. The maximum Gasteiger partial charge on any atom is 0.163 e. The van der Waals surface area contributed by atoms with Crippen LogP contribution in [-0.4, -0.2) is 17.4 Å². The third-order valence-electron chi connectivity index (χ3n) is 3.14. The highest BCUT2D eigenvalue weighted by Crippen LogP contribution is 2.25. The van der Waals surface area contributed by atoms with Crippen LogP contribution in [-0.2, 0) is 13.0 Å². The second kappa shape index (κ2) is 7.29. The molecule has 0 amide bonds. The first kappa shape index (κ1) is 15.7. The maximum absolute atomic E-state index is 11.9. The maximum atomic E-state index is 11.9. The van der Waals surface area contributed by atoms with Crippen LogP contribution in [0.3, 0.4) is 0 Å². The average Bonchev–Trinajstić information content (AvgIpc) is 2.36. The largest absolute Gasteiger partial charge is 0.508 e. The summed E-state index contributed by atoms with van der Waals surface area (Å²) >= 11 is 0. The lowest BCUT2D eigenvalue weighted by Gasteiger charge is -2.13. The molecule has 0 bridgehead atoms. The minimum Gasteiger partial charge on any atom is -0.508 e. The summed E-state index contributed by atoms with van der Waals surface area (Å²) < 4.78 is 0. The number of Topliss-reactive ketones (excluding diaryl/α,β-unsaturated/α-hetero) is 1. The lowest BCUT2D eigenvalue weighted by Crippen LogP contribution is -2.19.